The molecule has 0 fully saturated rings. The van der Waals surface area contributed by atoms with E-state index in [9.17, 15) is 9.59 Å². The first-order valence-corrected chi connectivity index (χ1v) is 10.6. The molecule has 0 N–H and O–H groups in total. The summed E-state index contributed by atoms with van der Waals surface area (Å²) in [5.41, 5.74) is 4.35. The smallest absolute Gasteiger partial charge is 0.200 e. The van der Waals surface area contributed by atoms with Crippen LogP contribution >= 0.6 is 0 Å². The van der Waals surface area contributed by atoms with Gasteiger partial charge < -0.3 is 14.0 Å². The van der Waals surface area contributed by atoms with Gasteiger partial charge >= 0.3 is 0 Å². The number of rotatable bonds is 4. The van der Waals surface area contributed by atoms with Crippen LogP contribution in [0.4, 0.5) is 0 Å². The van der Waals surface area contributed by atoms with Crippen LogP contribution in [0.5, 0.6) is 11.5 Å². The van der Waals surface area contributed by atoms with E-state index in [1.165, 1.54) is 5.56 Å². The lowest BCUT2D eigenvalue weighted by Crippen LogP contribution is -2.21. The minimum absolute atomic E-state index is 0.144. The minimum Gasteiger partial charge on any atom is -0.486 e. The van der Waals surface area contributed by atoms with Crippen LogP contribution in [0.1, 0.15) is 32.6 Å². The van der Waals surface area contributed by atoms with Gasteiger partial charge in [-0.15, -0.1) is 0 Å². The zero-order valence-corrected chi connectivity index (χ0v) is 18.1. The SMILES string of the molecule is Cc1ccc(Cn2cc(C(=O)c3ccc(C)cc3)c(=O)c3cc4c(cc32)OCCO4)cc1. The van der Waals surface area contributed by atoms with Crippen molar-refractivity contribution in [2.24, 2.45) is 0 Å². The van der Waals surface area contributed by atoms with Crippen LogP contribution in [0.2, 0.25) is 0 Å². The van der Waals surface area contributed by atoms with Crippen molar-refractivity contribution in [3.63, 3.8) is 0 Å². The molecule has 0 bridgehead atoms. The molecule has 0 spiro atoms. The van der Waals surface area contributed by atoms with Gasteiger partial charge in [0.15, 0.2) is 17.3 Å². The van der Waals surface area contributed by atoms with Gasteiger partial charge in [-0.3, -0.25) is 9.59 Å². The van der Waals surface area contributed by atoms with Crippen molar-refractivity contribution in [1.82, 2.24) is 4.57 Å². The molecule has 4 aromatic rings. The Balaban J connectivity index is 1.70. The molecule has 160 valence electrons. The predicted octanol–water partition coefficient (Wildman–Crippen LogP) is 4.67. The second kappa shape index (κ2) is 8.00. The molecule has 0 saturated heterocycles. The molecule has 0 atom stereocenters. The Hall–Kier alpha value is -3.86. The van der Waals surface area contributed by atoms with Crippen LogP contribution in [-0.2, 0) is 6.54 Å². The average molecular weight is 425 g/mol. The molecule has 32 heavy (non-hydrogen) atoms. The largest absolute Gasteiger partial charge is 0.486 e. The molecule has 5 heteroatoms. The Bertz CT molecular complexity index is 1380. The van der Waals surface area contributed by atoms with E-state index in [1.54, 1.807) is 24.4 Å². The minimum atomic E-state index is -0.303. The standard InChI is InChI=1S/C27H23NO4/c1-17-3-7-19(8-4-17)15-28-16-22(26(29)20-9-5-18(2)6-10-20)27(30)21-13-24-25(14-23(21)28)32-12-11-31-24/h3-10,13-14,16H,11-12,15H2,1-2H3. The number of fused-ring (bicyclic) bond motifs is 2. The third-order valence-corrected chi connectivity index (χ3v) is 5.78. The Morgan fingerprint density at radius 2 is 1.47 bits per heavy atom. The fraction of sp³-hybridized carbons (Fsp3) is 0.185. The molecule has 5 nitrogen and oxygen atoms in total. The highest BCUT2D eigenvalue weighted by atomic mass is 16.6. The van der Waals surface area contributed by atoms with Crippen LogP contribution < -0.4 is 14.9 Å². The maximum Gasteiger partial charge on any atom is 0.200 e. The topological polar surface area (TPSA) is 57.5 Å². The molecule has 0 saturated carbocycles. The summed E-state index contributed by atoms with van der Waals surface area (Å²) in [7, 11) is 0. The number of benzene rings is 3. The van der Waals surface area contributed by atoms with Gasteiger partial charge in [-0.1, -0.05) is 59.7 Å². The summed E-state index contributed by atoms with van der Waals surface area (Å²) >= 11 is 0. The molecule has 1 aliphatic heterocycles. The van der Waals surface area contributed by atoms with E-state index in [4.69, 9.17) is 9.47 Å². The number of nitrogens with zero attached hydrogens (tertiary/aromatic N) is 1. The Morgan fingerprint density at radius 3 is 2.12 bits per heavy atom. The number of carbonyl (C=O) groups is 1. The highest BCUT2D eigenvalue weighted by Gasteiger charge is 2.21. The van der Waals surface area contributed by atoms with Gasteiger partial charge in [0.2, 0.25) is 5.43 Å². The average Bonchev–Trinajstić information content (AvgIpc) is 2.81. The second-order valence-corrected chi connectivity index (χ2v) is 8.19. The van der Waals surface area contributed by atoms with Gasteiger partial charge in [0.05, 0.1) is 16.5 Å². The molecular formula is C27H23NO4. The lowest BCUT2D eigenvalue weighted by molar-refractivity contribution is 0.103. The molecule has 5 rings (SSSR count). The van der Waals surface area contributed by atoms with Crippen LogP contribution in [0.3, 0.4) is 0 Å². The quantitative estimate of drug-likeness (QED) is 0.446. The predicted molar refractivity (Wildman–Crippen MR) is 124 cm³/mol. The lowest BCUT2D eigenvalue weighted by atomic mass is 10.0. The number of hydrogen-bond acceptors (Lipinski definition) is 4. The van der Waals surface area contributed by atoms with Crippen molar-refractivity contribution >= 4 is 16.7 Å². The van der Waals surface area contributed by atoms with E-state index in [0.29, 0.717) is 47.7 Å². The molecule has 1 aliphatic rings. The molecule has 0 radical (unpaired) electrons. The molecule has 2 heterocycles. The van der Waals surface area contributed by atoms with Crippen LogP contribution in [0.25, 0.3) is 10.9 Å². The van der Waals surface area contributed by atoms with Crippen molar-refractivity contribution in [1.29, 1.82) is 0 Å². The molecule has 1 aromatic heterocycles. The fourth-order valence-corrected chi connectivity index (χ4v) is 3.97. The van der Waals surface area contributed by atoms with E-state index in [2.05, 4.69) is 24.3 Å². The molecule has 0 aliphatic carbocycles. The van der Waals surface area contributed by atoms with Crippen molar-refractivity contribution < 1.29 is 14.3 Å². The van der Waals surface area contributed by atoms with E-state index < -0.39 is 0 Å². The van der Waals surface area contributed by atoms with E-state index >= 15 is 0 Å². The number of ketones is 1. The zero-order chi connectivity index (χ0) is 22.2. The number of hydrogen-bond donors (Lipinski definition) is 0. The fourth-order valence-electron chi connectivity index (χ4n) is 3.97. The maximum absolute atomic E-state index is 13.4. The van der Waals surface area contributed by atoms with E-state index in [1.807, 2.05) is 36.6 Å². The van der Waals surface area contributed by atoms with Gasteiger partial charge in [0.25, 0.3) is 0 Å². The number of pyridine rings is 1. The van der Waals surface area contributed by atoms with Crippen molar-refractivity contribution in [2.45, 2.75) is 20.4 Å². The monoisotopic (exact) mass is 425 g/mol. The molecule has 3 aromatic carbocycles. The number of aromatic nitrogens is 1. The second-order valence-electron chi connectivity index (χ2n) is 8.19. The first-order chi connectivity index (χ1) is 15.5. The van der Waals surface area contributed by atoms with E-state index in [0.717, 1.165) is 11.1 Å². The van der Waals surface area contributed by atoms with E-state index in [-0.39, 0.29) is 16.8 Å². The van der Waals surface area contributed by atoms with Gasteiger partial charge in [-0.05, 0) is 25.5 Å². The summed E-state index contributed by atoms with van der Waals surface area (Å²) < 4.78 is 13.4. The van der Waals surface area contributed by atoms with Crippen LogP contribution in [0, 0.1) is 13.8 Å². The first-order valence-electron chi connectivity index (χ1n) is 10.6. The number of aryl methyl sites for hydroxylation is 2. The summed E-state index contributed by atoms with van der Waals surface area (Å²) in [5.74, 6) is 0.852. The van der Waals surface area contributed by atoms with Crippen molar-refractivity contribution in [3.05, 3.63) is 105 Å². The first kappa shape index (κ1) is 20.1. The Labute approximate surface area is 185 Å². The van der Waals surface area contributed by atoms with Crippen LogP contribution in [-0.4, -0.2) is 23.6 Å². The Morgan fingerprint density at radius 1 is 0.875 bits per heavy atom. The Kier molecular flexibility index (Phi) is 5.02. The summed E-state index contributed by atoms with van der Waals surface area (Å²) in [5, 5.41) is 0.444. The molecule has 0 unspecified atom stereocenters. The van der Waals surface area contributed by atoms with Crippen LogP contribution in [0.15, 0.2) is 71.7 Å². The summed E-state index contributed by atoms with van der Waals surface area (Å²) in [6.45, 7) is 5.41. The van der Waals surface area contributed by atoms with Crippen molar-refractivity contribution in [2.75, 3.05) is 13.2 Å². The number of ether oxygens (including phenoxy) is 2. The van der Waals surface area contributed by atoms with Gasteiger partial charge in [-0.25, -0.2) is 0 Å². The summed E-state index contributed by atoms with van der Waals surface area (Å²) in [6.07, 6.45) is 1.67. The highest BCUT2D eigenvalue weighted by Crippen LogP contribution is 2.34. The summed E-state index contributed by atoms with van der Waals surface area (Å²) in [4.78, 5) is 26.7. The normalized spacial score (nSPS) is 12.7. The van der Waals surface area contributed by atoms with Gasteiger partial charge in [0, 0.05) is 24.4 Å². The van der Waals surface area contributed by atoms with Gasteiger partial charge in [-0.2, -0.15) is 0 Å². The molecule has 0 amide bonds. The zero-order valence-electron chi connectivity index (χ0n) is 18.1. The third-order valence-electron chi connectivity index (χ3n) is 5.78. The third kappa shape index (κ3) is 3.66. The lowest BCUT2D eigenvalue weighted by Gasteiger charge is -2.21. The maximum atomic E-state index is 13.4. The highest BCUT2D eigenvalue weighted by molar-refractivity contribution is 6.10. The summed E-state index contributed by atoms with van der Waals surface area (Å²) in [6, 6.07) is 19.0. The number of carbonyl (C=O) groups excluding carboxylic acids is 1. The van der Waals surface area contributed by atoms with Gasteiger partial charge in [0.1, 0.15) is 13.2 Å². The van der Waals surface area contributed by atoms with Crippen molar-refractivity contribution in [3.8, 4) is 11.5 Å². The molecular weight excluding hydrogens is 402 g/mol.